The van der Waals surface area contributed by atoms with Gasteiger partial charge < -0.3 is 18.9 Å². The molecule has 0 radical (unpaired) electrons. The van der Waals surface area contributed by atoms with E-state index in [2.05, 4.69) is 4.72 Å². The minimum absolute atomic E-state index is 0.150. The highest BCUT2D eigenvalue weighted by Crippen LogP contribution is 2.25. The van der Waals surface area contributed by atoms with Crippen LogP contribution in [0.4, 0.5) is 0 Å². The first-order valence-electron chi connectivity index (χ1n) is 12.0. The van der Waals surface area contributed by atoms with E-state index in [0.29, 0.717) is 19.8 Å². The van der Waals surface area contributed by atoms with E-state index in [1.165, 1.54) is 0 Å². The number of sulfonamides is 1. The molecule has 3 aromatic carbocycles. The maximum absolute atomic E-state index is 12.1. The van der Waals surface area contributed by atoms with Crippen LogP contribution in [0, 0.1) is 0 Å². The van der Waals surface area contributed by atoms with Gasteiger partial charge in [-0.2, -0.15) is 0 Å². The molecule has 0 spiro atoms. The maximum Gasteiger partial charge on any atom is 0.209 e. The quantitative estimate of drug-likeness (QED) is 0.399. The van der Waals surface area contributed by atoms with Gasteiger partial charge in [0, 0.05) is 0 Å². The summed E-state index contributed by atoms with van der Waals surface area (Å²) in [7, 11) is -3.50. The van der Waals surface area contributed by atoms with Crippen LogP contribution >= 0.6 is 0 Å². The lowest BCUT2D eigenvalue weighted by molar-refractivity contribution is -0.206. The Labute approximate surface area is 213 Å². The summed E-state index contributed by atoms with van der Waals surface area (Å²) in [4.78, 5) is 0. The first kappa shape index (κ1) is 26.5. The van der Waals surface area contributed by atoms with E-state index in [9.17, 15) is 8.42 Å². The number of ether oxygens (including phenoxy) is 4. The number of hydrogen-bond donors (Lipinski definition) is 1. The summed E-state index contributed by atoms with van der Waals surface area (Å²) < 4.78 is 51.7. The molecule has 8 heteroatoms. The Kier molecular flexibility index (Phi) is 9.63. The lowest BCUT2D eigenvalue weighted by atomic mass is 9.98. The second kappa shape index (κ2) is 13.1. The molecule has 1 heterocycles. The Morgan fingerprint density at radius 3 is 1.72 bits per heavy atom. The molecule has 36 heavy (non-hydrogen) atoms. The molecule has 1 fully saturated rings. The first-order chi connectivity index (χ1) is 17.5. The van der Waals surface area contributed by atoms with Gasteiger partial charge in [0.1, 0.15) is 18.3 Å². The van der Waals surface area contributed by atoms with Gasteiger partial charge in [0.05, 0.1) is 45.3 Å². The van der Waals surface area contributed by atoms with Crippen molar-refractivity contribution >= 4 is 10.0 Å². The van der Waals surface area contributed by atoms with Gasteiger partial charge in [-0.15, -0.1) is 0 Å². The molecule has 0 amide bonds. The van der Waals surface area contributed by atoms with Gasteiger partial charge in [-0.1, -0.05) is 91.0 Å². The van der Waals surface area contributed by atoms with E-state index in [1.54, 1.807) is 0 Å². The van der Waals surface area contributed by atoms with Crippen molar-refractivity contribution in [3.8, 4) is 0 Å². The van der Waals surface area contributed by atoms with Crippen LogP contribution in [0.1, 0.15) is 16.7 Å². The van der Waals surface area contributed by atoms with Crippen molar-refractivity contribution in [3.63, 3.8) is 0 Å². The molecule has 1 saturated heterocycles. The largest absolute Gasteiger partial charge is 0.374 e. The van der Waals surface area contributed by atoms with Crippen molar-refractivity contribution in [2.45, 2.75) is 44.2 Å². The Bertz CT molecular complexity index is 1140. The smallest absolute Gasteiger partial charge is 0.209 e. The standard InChI is InChI=1S/C28H33NO6S/c1-36(30,31)29-25-20-33-26(21-32-17-22-11-5-2-6-12-22)28(35-19-24-15-9-4-10-16-24)27(25)34-18-23-13-7-3-8-14-23/h2-16,25-29H,17-21H2,1H3. The first-order valence-corrected chi connectivity index (χ1v) is 13.9. The highest BCUT2D eigenvalue weighted by Gasteiger charge is 2.43. The Morgan fingerprint density at radius 1 is 0.750 bits per heavy atom. The van der Waals surface area contributed by atoms with E-state index < -0.39 is 34.4 Å². The van der Waals surface area contributed by atoms with Crippen LogP contribution in [0.2, 0.25) is 0 Å². The van der Waals surface area contributed by atoms with Crippen LogP contribution in [0.25, 0.3) is 0 Å². The average molecular weight is 512 g/mol. The van der Waals surface area contributed by atoms with Crippen LogP contribution < -0.4 is 4.72 Å². The van der Waals surface area contributed by atoms with Crippen LogP contribution in [0.5, 0.6) is 0 Å². The van der Waals surface area contributed by atoms with Gasteiger partial charge in [0.25, 0.3) is 0 Å². The molecule has 1 aliphatic heterocycles. The molecule has 3 aromatic rings. The van der Waals surface area contributed by atoms with Gasteiger partial charge in [0.15, 0.2) is 0 Å². The fourth-order valence-electron chi connectivity index (χ4n) is 4.19. The second-order valence-corrected chi connectivity index (χ2v) is 10.7. The van der Waals surface area contributed by atoms with E-state index in [-0.39, 0.29) is 13.2 Å². The Hall–Kier alpha value is -2.59. The SMILES string of the molecule is CS(=O)(=O)NC1COC(COCc2ccccc2)C(OCc2ccccc2)C1OCc1ccccc1. The van der Waals surface area contributed by atoms with E-state index in [4.69, 9.17) is 18.9 Å². The van der Waals surface area contributed by atoms with Gasteiger partial charge in [-0.25, -0.2) is 13.1 Å². The normalized spacial score (nSPS) is 22.4. The maximum atomic E-state index is 12.1. The highest BCUT2D eigenvalue weighted by atomic mass is 32.2. The lowest BCUT2D eigenvalue weighted by Gasteiger charge is -2.42. The molecule has 0 aromatic heterocycles. The molecule has 4 atom stereocenters. The summed E-state index contributed by atoms with van der Waals surface area (Å²) >= 11 is 0. The molecule has 7 nitrogen and oxygen atoms in total. The van der Waals surface area contributed by atoms with Crippen LogP contribution in [0.3, 0.4) is 0 Å². The predicted octanol–water partition coefficient (Wildman–Crippen LogP) is 3.69. The van der Waals surface area contributed by atoms with Crippen molar-refractivity contribution < 1.29 is 27.4 Å². The third-order valence-corrected chi connectivity index (χ3v) is 6.64. The number of hydrogen-bond acceptors (Lipinski definition) is 6. The van der Waals surface area contributed by atoms with Crippen LogP contribution in [-0.2, 0) is 48.8 Å². The van der Waals surface area contributed by atoms with E-state index >= 15 is 0 Å². The molecule has 192 valence electrons. The van der Waals surface area contributed by atoms with E-state index in [1.807, 2.05) is 91.0 Å². The molecule has 1 N–H and O–H groups in total. The summed E-state index contributed by atoms with van der Waals surface area (Å²) in [5.74, 6) is 0. The number of nitrogens with one attached hydrogen (secondary N) is 1. The molecular formula is C28H33NO6S. The fourth-order valence-corrected chi connectivity index (χ4v) is 4.94. The van der Waals surface area contributed by atoms with E-state index in [0.717, 1.165) is 22.9 Å². The zero-order chi connectivity index (χ0) is 25.2. The second-order valence-electron chi connectivity index (χ2n) is 8.89. The van der Waals surface area contributed by atoms with Crippen LogP contribution in [0.15, 0.2) is 91.0 Å². The highest BCUT2D eigenvalue weighted by molar-refractivity contribution is 7.88. The topological polar surface area (TPSA) is 83.1 Å². The van der Waals surface area contributed by atoms with Gasteiger partial charge in [-0.05, 0) is 16.7 Å². The molecule has 4 rings (SSSR count). The fraction of sp³-hybridized carbons (Fsp3) is 0.357. The molecule has 4 unspecified atom stereocenters. The summed E-state index contributed by atoms with van der Waals surface area (Å²) in [6.45, 7) is 1.52. The summed E-state index contributed by atoms with van der Waals surface area (Å²) in [6, 6.07) is 28.9. The molecule has 0 saturated carbocycles. The summed E-state index contributed by atoms with van der Waals surface area (Å²) in [5.41, 5.74) is 3.05. The molecular weight excluding hydrogens is 478 g/mol. The van der Waals surface area contributed by atoms with Gasteiger partial charge in [0.2, 0.25) is 10.0 Å². The zero-order valence-electron chi connectivity index (χ0n) is 20.4. The minimum Gasteiger partial charge on any atom is -0.374 e. The van der Waals surface area contributed by atoms with Crippen molar-refractivity contribution in [2.24, 2.45) is 0 Å². The number of benzene rings is 3. The van der Waals surface area contributed by atoms with Crippen molar-refractivity contribution in [1.29, 1.82) is 0 Å². The van der Waals surface area contributed by atoms with Crippen molar-refractivity contribution in [2.75, 3.05) is 19.5 Å². The lowest BCUT2D eigenvalue weighted by Crippen LogP contribution is -2.61. The third kappa shape index (κ3) is 8.23. The van der Waals surface area contributed by atoms with Crippen LogP contribution in [-0.4, -0.2) is 52.2 Å². The van der Waals surface area contributed by atoms with Gasteiger partial charge in [-0.3, -0.25) is 0 Å². The molecule has 0 bridgehead atoms. The zero-order valence-corrected chi connectivity index (χ0v) is 21.2. The van der Waals surface area contributed by atoms with Crippen molar-refractivity contribution in [3.05, 3.63) is 108 Å². The predicted molar refractivity (Wildman–Crippen MR) is 138 cm³/mol. The summed E-state index contributed by atoms with van der Waals surface area (Å²) in [5, 5.41) is 0. The Balaban J connectivity index is 1.52. The monoisotopic (exact) mass is 511 g/mol. The third-order valence-electron chi connectivity index (χ3n) is 5.91. The number of rotatable bonds is 12. The minimum atomic E-state index is -3.50. The molecule has 0 aliphatic carbocycles. The molecule has 1 aliphatic rings. The summed E-state index contributed by atoms with van der Waals surface area (Å²) in [6.07, 6.45) is -0.438. The van der Waals surface area contributed by atoms with Gasteiger partial charge >= 0.3 is 0 Å². The van der Waals surface area contributed by atoms with Crippen molar-refractivity contribution in [1.82, 2.24) is 4.72 Å². The Morgan fingerprint density at radius 2 is 1.22 bits per heavy atom. The average Bonchev–Trinajstić information content (AvgIpc) is 2.88.